The first-order chi connectivity index (χ1) is 5.33. The van der Waals surface area contributed by atoms with Gasteiger partial charge in [0.15, 0.2) is 0 Å². The molecule has 1 aromatic rings. The lowest BCUT2D eigenvalue weighted by Crippen LogP contribution is -2.15. The van der Waals surface area contributed by atoms with Gasteiger partial charge in [0, 0.05) is 6.20 Å². The summed E-state index contributed by atoms with van der Waals surface area (Å²) < 4.78 is 1.64. The van der Waals surface area contributed by atoms with Crippen LogP contribution in [0, 0.1) is 0 Å². The Morgan fingerprint density at radius 3 is 3.00 bits per heavy atom. The number of rotatable bonds is 4. The molecule has 4 nitrogen and oxygen atoms in total. The summed E-state index contributed by atoms with van der Waals surface area (Å²) in [6, 6.07) is 0. The van der Waals surface area contributed by atoms with Crippen molar-refractivity contribution in [3.05, 3.63) is 12.4 Å². The highest BCUT2D eigenvalue weighted by atomic mass is 16.3. The molecule has 0 fully saturated rings. The molecule has 1 aromatic heterocycles. The predicted molar refractivity (Wildman–Crippen MR) is 40.9 cm³/mol. The highest BCUT2D eigenvalue weighted by Gasteiger charge is 2.02. The van der Waals surface area contributed by atoms with E-state index in [9.17, 15) is 5.11 Å². The van der Waals surface area contributed by atoms with E-state index in [2.05, 4.69) is 10.3 Å². The Bertz CT molecular complexity index is 186. The van der Waals surface area contributed by atoms with E-state index in [0.717, 1.165) is 12.8 Å². The van der Waals surface area contributed by atoms with Gasteiger partial charge in [0.05, 0.1) is 18.8 Å². The first kappa shape index (κ1) is 8.20. The molecule has 1 rings (SSSR count). The van der Waals surface area contributed by atoms with Gasteiger partial charge in [-0.05, 0) is 6.42 Å². The van der Waals surface area contributed by atoms with Crippen molar-refractivity contribution >= 4 is 0 Å². The molecule has 1 heterocycles. The zero-order valence-corrected chi connectivity index (χ0v) is 6.64. The molecule has 0 amide bonds. The lowest BCUT2D eigenvalue weighted by Gasteiger charge is -2.07. The number of hydrogen-bond donors (Lipinski definition) is 1. The molecule has 0 aliphatic heterocycles. The molecule has 0 aliphatic rings. The minimum atomic E-state index is -0.290. The molecule has 62 valence electrons. The van der Waals surface area contributed by atoms with Crippen molar-refractivity contribution in [3.63, 3.8) is 0 Å². The van der Waals surface area contributed by atoms with Gasteiger partial charge in [-0.25, -0.2) is 4.68 Å². The Morgan fingerprint density at radius 1 is 1.64 bits per heavy atom. The van der Waals surface area contributed by atoms with Gasteiger partial charge in [0.2, 0.25) is 0 Å². The summed E-state index contributed by atoms with van der Waals surface area (Å²) in [5, 5.41) is 16.7. The lowest BCUT2D eigenvalue weighted by atomic mass is 10.2. The quantitative estimate of drug-likeness (QED) is 0.686. The van der Waals surface area contributed by atoms with Crippen LogP contribution in [0.4, 0.5) is 0 Å². The predicted octanol–water partition coefficient (Wildman–Crippen LogP) is 0.439. The molecule has 0 bridgehead atoms. The van der Waals surface area contributed by atoms with Crippen LogP contribution in [0.5, 0.6) is 0 Å². The van der Waals surface area contributed by atoms with Gasteiger partial charge >= 0.3 is 0 Å². The number of hydrogen-bond acceptors (Lipinski definition) is 3. The molecular formula is C7H13N3O. The molecule has 1 N–H and O–H groups in total. The summed E-state index contributed by atoms with van der Waals surface area (Å²) in [7, 11) is 0. The highest BCUT2D eigenvalue weighted by molar-refractivity contribution is 4.66. The summed E-state index contributed by atoms with van der Waals surface area (Å²) in [5.74, 6) is 0. The standard InChI is InChI=1S/C7H13N3O/c1-2-3-7(11)6-10-5-4-8-9-10/h4-5,7,11H,2-3,6H2,1H3. The van der Waals surface area contributed by atoms with Gasteiger partial charge in [-0.1, -0.05) is 18.6 Å². The molecule has 0 aromatic carbocycles. The summed E-state index contributed by atoms with van der Waals surface area (Å²) in [6.45, 7) is 2.60. The van der Waals surface area contributed by atoms with Gasteiger partial charge in [0.25, 0.3) is 0 Å². The SMILES string of the molecule is CCCC(O)Cn1ccnn1. The normalized spacial score (nSPS) is 13.3. The molecule has 1 unspecified atom stereocenters. The van der Waals surface area contributed by atoms with Gasteiger partial charge in [-0.3, -0.25) is 0 Å². The fourth-order valence-corrected chi connectivity index (χ4v) is 0.971. The minimum Gasteiger partial charge on any atom is -0.391 e. The third-order valence-electron chi connectivity index (χ3n) is 1.49. The van der Waals surface area contributed by atoms with Gasteiger partial charge in [0.1, 0.15) is 0 Å². The summed E-state index contributed by atoms with van der Waals surface area (Å²) in [6.07, 6.45) is 4.88. The molecule has 0 radical (unpaired) electrons. The van der Waals surface area contributed by atoms with Crippen molar-refractivity contribution in [1.29, 1.82) is 0 Å². The maximum Gasteiger partial charge on any atom is 0.0736 e. The van der Waals surface area contributed by atoms with Gasteiger partial charge in [-0.15, -0.1) is 5.10 Å². The first-order valence-electron chi connectivity index (χ1n) is 3.85. The zero-order valence-electron chi connectivity index (χ0n) is 6.64. The molecule has 0 saturated heterocycles. The Hall–Kier alpha value is -0.900. The second kappa shape index (κ2) is 4.08. The van der Waals surface area contributed by atoms with Gasteiger partial charge < -0.3 is 5.11 Å². The topological polar surface area (TPSA) is 50.9 Å². The lowest BCUT2D eigenvalue weighted by molar-refractivity contribution is 0.138. The molecular weight excluding hydrogens is 142 g/mol. The largest absolute Gasteiger partial charge is 0.391 e. The molecule has 0 aliphatic carbocycles. The van der Waals surface area contributed by atoms with E-state index in [4.69, 9.17) is 0 Å². The maximum absolute atomic E-state index is 9.33. The van der Waals surface area contributed by atoms with E-state index in [1.165, 1.54) is 0 Å². The third kappa shape index (κ3) is 2.67. The Labute approximate surface area is 65.8 Å². The second-order valence-electron chi connectivity index (χ2n) is 2.57. The van der Waals surface area contributed by atoms with Crippen LogP contribution in [-0.2, 0) is 6.54 Å². The molecule has 1 atom stereocenters. The fourth-order valence-electron chi connectivity index (χ4n) is 0.971. The van der Waals surface area contributed by atoms with Crippen LogP contribution in [0.1, 0.15) is 19.8 Å². The van der Waals surface area contributed by atoms with Crippen molar-refractivity contribution in [1.82, 2.24) is 15.0 Å². The van der Waals surface area contributed by atoms with E-state index in [1.807, 2.05) is 6.92 Å². The summed E-state index contributed by atoms with van der Waals surface area (Å²) in [5.41, 5.74) is 0. The van der Waals surface area contributed by atoms with Crippen LogP contribution in [-0.4, -0.2) is 26.2 Å². The molecule has 4 heteroatoms. The van der Waals surface area contributed by atoms with Crippen molar-refractivity contribution < 1.29 is 5.11 Å². The van der Waals surface area contributed by atoms with Crippen molar-refractivity contribution in [3.8, 4) is 0 Å². The van der Waals surface area contributed by atoms with Gasteiger partial charge in [-0.2, -0.15) is 0 Å². The third-order valence-corrected chi connectivity index (χ3v) is 1.49. The van der Waals surface area contributed by atoms with Crippen molar-refractivity contribution in [2.24, 2.45) is 0 Å². The van der Waals surface area contributed by atoms with Crippen LogP contribution >= 0.6 is 0 Å². The van der Waals surface area contributed by atoms with Crippen molar-refractivity contribution in [2.75, 3.05) is 0 Å². The average Bonchev–Trinajstić information content (AvgIpc) is 2.40. The van der Waals surface area contributed by atoms with Crippen LogP contribution in [0.2, 0.25) is 0 Å². The summed E-state index contributed by atoms with van der Waals surface area (Å²) >= 11 is 0. The number of aromatic nitrogens is 3. The zero-order chi connectivity index (χ0) is 8.10. The van der Waals surface area contributed by atoms with E-state index in [0.29, 0.717) is 6.54 Å². The minimum absolute atomic E-state index is 0.290. The van der Waals surface area contributed by atoms with Crippen molar-refractivity contribution in [2.45, 2.75) is 32.4 Å². The Balaban J connectivity index is 2.31. The van der Waals surface area contributed by atoms with Crippen LogP contribution in [0.25, 0.3) is 0 Å². The fraction of sp³-hybridized carbons (Fsp3) is 0.714. The first-order valence-corrected chi connectivity index (χ1v) is 3.85. The average molecular weight is 155 g/mol. The van der Waals surface area contributed by atoms with Crippen LogP contribution in [0.3, 0.4) is 0 Å². The van der Waals surface area contributed by atoms with E-state index >= 15 is 0 Å². The van der Waals surface area contributed by atoms with E-state index in [-0.39, 0.29) is 6.10 Å². The van der Waals surface area contributed by atoms with Crippen LogP contribution < -0.4 is 0 Å². The highest BCUT2D eigenvalue weighted by Crippen LogP contribution is 1.97. The van der Waals surface area contributed by atoms with E-state index < -0.39 is 0 Å². The molecule has 0 saturated carbocycles. The Kier molecular flexibility index (Phi) is 3.04. The molecule has 0 spiro atoms. The second-order valence-corrected chi connectivity index (χ2v) is 2.57. The monoisotopic (exact) mass is 155 g/mol. The maximum atomic E-state index is 9.33. The Morgan fingerprint density at radius 2 is 2.45 bits per heavy atom. The smallest absolute Gasteiger partial charge is 0.0736 e. The number of nitrogens with zero attached hydrogens (tertiary/aromatic N) is 3. The van der Waals surface area contributed by atoms with Crippen LogP contribution in [0.15, 0.2) is 12.4 Å². The number of aliphatic hydroxyl groups is 1. The van der Waals surface area contributed by atoms with E-state index in [1.54, 1.807) is 17.1 Å². The number of aliphatic hydroxyl groups excluding tert-OH is 1. The molecule has 11 heavy (non-hydrogen) atoms. The summed E-state index contributed by atoms with van der Waals surface area (Å²) in [4.78, 5) is 0.